The summed E-state index contributed by atoms with van der Waals surface area (Å²) in [6.07, 6.45) is 2.60. The fourth-order valence-electron chi connectivity index (χ4n) is 5.93. The standard InChI is InChI=1S/2C16H13BF2N2O/c2*18-17(19)21(15-11-10-12-6-4-5-9-14(12)15)20-16(22-17)13-7-2-1-3-8-13/h2*1-9H,10-11H2/b21-15+;21-15-. The van der Waals surface area contributed by atoms with Gasteiger partial charge in [-0.05, 0) is 70.6 Å². The van der Waals surface area contributed by atoms with Gasteiger partial charge in [-0.1, -0.05) is 72.8 Å². The van der Waals surface area contributed by atoms with Crippen LogP contribution in [0.15, 0.2) is 119 Å². The maximum absolute atomic E-state index is 14.3. The van der Waals surface area contributed by atoms with Crippen molar-refractivity contribution in [3.8, 4) is 0 Å². The summed E-state index contributed by atoms with van der Waals surface area (Å²) in [6.45, 7) is 0. The predicted molar refractivity (Wildman–Crippen MR) is 162 cm³/mol. The molecule has 4 aromatic rings. The van der Waals surface area contributed by atoms with E-state index in [-0.39, 0.29) is 11.8 Å². The molecule has 2 aliphatic carbocycles. The van der Waals surface area contributed by atoms with Gasteiger partial charge in [0.2, 0.25) is 11.8 Å². The molecule has 0 saturated heterocycles. The highest BCUT2D eigenvalue weighted by molar-refractivity contribution is 6.55. The monoisotopic (exact) mass is 596 g/mol. The first-order valence-electron chi connectivity index (χ1n) is 14.5. The molecular weight excluding hydrogens is 570 g/mol. The molecular formula is C32H26B2F4N4O2. The second-order valence-electron chi connectivity index (χ2n) is 10.8. The predicted octanol–water partition coefficient (Wildman–Crippen LogP) is 6.40. The van der Waals surface area contributed by atoms with Gasteiger partial charge in [0.15, 0.2) is 11.4 Å². The molecule has 12 heteroatoms. The molecule has 0 aromatic heterocycles. The molecule has 2 aliphatic heterocycles. The molecule has 0 fully saturated rings. The Kier molecular flexibility index (Phi) is 6.91. The lowest BCUT2D eigenvalue weighted by molar-refractivity contribution is -0.432. The summed E-state index contributed by atoms with van der Waals surface area (Å²) in [5, 5.41) is 8.12. The number of nitrogens with zero attached hydrogens (tertiary/aromatic N) is 4. The number of benzene rings is 4. The normalized spacial score (nSPS) is 22.2. The molecule has 220 valence electrons. The van der Waals surface area contributed by atoms with Crippen LogP contribution in [-0.4, -0.2) is 46.5 Å². The summed E-state index contributed by atoms with van der Waals surface area (Å²) in [7, 11) is -8.36. The van der Waals surface area contributed by atoms with Gasteiger partial charge >= 0.3 is 14.1 Å². The summed E-state index contributed by atoms with van der Waals surface area (Å²) < 4.78 is 68.6. The van der Waals surface area contributed by atoms with E-state index >= 15 is 0 Å². The minimum atomic E-state index is -4.18. The molecule has 0 spiro atoms. The van der Waals surface area contributed by atoms with E-state index in [2.05, 4.69) is 10.2 Å². The van der Waals surface area contributed by atoms with Gasteiger partial charge in [-0.15, -0.1) is 0 Å². The van der Waals surface area contributed by atoms with Gasteiger partial charge in [0.1, 0.15) is 0 Å². The third-order valence-corrected chi connectivity index (χ3v) is 7.99. The molecule has 0 radical (unpaired) electrons. The topological polar surface area (TPSA) is 49.2 Å². The van der Waals surface area contributed by atoms with Gasteiger partial charge < -0.3 is 26.6 Å². The summed E-state index contributed by atoms with van der Waals surface area (Å²) in [5.74, 6) is -0.0510. The highest BCUT2D eigenvalue weighted by Gasteiger charge is 2.57. The Morgan fingerprint density at radius 2 is 0.841 bits per heavy atom. The zero-order valence-corrected chi connectivity index (χ0v) is 23.5. The van der Waals surface area contributed by atoms with E-state index in [4.69, 9.17) is 9.31 Å². The van der Waals surface area contributed by atoms with Crippen molar-refractivity contribution < 1.29 is 35.8 Å². The van der Waals surface area contributed by atoms with Gasteiger partial charge in [-0.3, -0.25) is 0 Å². The number of hydrogen-bond acceptors (Lipinski definition) is 4. The van der Waals surface area contributed by atoms with E-state index in [0.29, 0.717) is 35.4 Å². The number of aryl methyl sites for hydroxylation is 2. The highest BCUT2D eigenvalue weighted by atomic mass is 19.3. The Morgan fingerprint density at radius 1 is 0.477 bits per heavy atom. The molecule has 0 atom stereocenters. The van der Waals surface area contributed by atoms with E-state index < -0.39 is 14.1 Å². The molecule has 0 amide bonds. The summed E-state index contributed by atoms with van der Waals surface area (Å²) in [4.78, 5) is 0. The molecule has 0 N–H and O–H groups in total. The Balaban J connectivity index is 0.000000142. The van der Waals surface area contributed by atoms with Crippen LogP contribution in [0.3, 0.4) is 0 Å². The molecule has 0 bridgehead atoms. The van der Waals surface area contributed by atoms with Crippen LogP contribution in [0.5, 0.6) is 0 Å². The minimum Gasteiger partial charge on any atom is -0.580 e. The lowest BCUT2D eigenvalue weighted by Gasteiger charge is -2.12. The van der Waals surface area contributed by atoms with Gasteiger partial charge in [0.05, 0.1) is 0 Å². The summed E-state index contributed by atoms with van der Waals surface area (Å²) in [5.41, 5.74) is 6.01. The summed E-state index contributed by atoms with van der Waals surface area (Å²) in [6, 6.07) is 32.8. The lowest BCUT2D eigenvalue weighted by Crippen LogP contribution is -2.39. The first-order chi connectivity index (χ1) is 21.3. The number of rotatable bonds is 2. The molecule has 6 nitrogen and oxygen atoms in total. The van der Waals surface area contributed by atoms with E-state index in [0.717, 1.165) is 44.3 Å². The van der Waals surface area contributed by atoms with Crippen molar-refractivity contribution in [2.75, 3.05) is 0 Å². The van der Waals surface area contributed by atoms with Gasteiger partial charge in [-0.25, -0.2) is 0 Å². The maximum Gasteiger partial charge on any atom is 0.859 e. The van der Waals surface area contributed by atoms with Gasteiger partial charge in [-0.2, -0.15) is 9.19 Å². The van der Waals surface area contributed by atoms with Crippen LogP contribution >= 0.6 is 0 Å². The first-order valence-corrected chi connectivity index (χ1v) is 14.5. The smallest absolute Gasteiger partial charge is 0.580 e. The van der Waals surface area contributed by atoms with Crippen molar-refractivity contribution >= 4 is 37.3 Å². The third kappa shape index (κ3) is 5.10. The Labute approximate surface area is 251 Å². The average molecular weight is 596 g/mol. The van der Waals surface area contributed by atoms with Crippen molar-refractivity contribution in [1.29, 1.82) is 0 Å². The largest absolute Gasteiger partial charge is 0.859 e. The fourth-order valence-corrected chi connectivity index (χ4v) is 5.93. The van der Waals surface area contributed by atoms with Crippen molar-refractivity contribution in [3.63, 3.8) is 0 Å². The van der Waals surface area contributed by atoms with E-state index in [1.54, 1.807) is 48.5 Å². The number of halogens is 4. The highest BCUT2D eigenvalue weighted by Crippen LogP contribution is 2.30. The molecule has 2 heterocycles. The Hall–Kier alpha value is -4.99. The number of hydrogen-bond donors (Lipinski definition) is 0. The van der Waals surface area contributed by atoms with Gasteiger partial charge in [0.25, 0.3) is 0 Å². The molecule has 0 saturated carbocycles. The molecule has 8 rings (SSSR count). The van der Waals surface area contributed by atoms with Crippen molar-refractivity contribution in [2.45, 2.75) is 25.7 Å². The van der Waals surface area contributed by atoms with Crippen molar-refractivity contribution in [3.05, 3.63) is 143 Å². The van der Waals surface area contributed by atoms with E-state index in [1.165, 1.54) is 0 Å². The zero-order chi connectivity index (χ0) is 30.3. The number of fused-ring (bicyclic) bond motifs is 2. The van der Waals surface area contributed by atoms with Crippen molar-refractivity contribution in [2.24, 2.45) is 10.2 Å². The SMILES string of the molecule is F[B-]1(F)OC(c2ccccc2)=N/[N+]1=C1/CCc2ccccc21.F[B-]1(F)OC(c2ccccc2)=N/[N+]1=C1\CCc2ccccc21. The molecule has 4 aliphatic rings. The molecule has 44 heavy (non-hydrogen) atoms. The van der Waals surface area contributed by atoms with E-state index in [1.807, 2.05) is 60.7 Å². The minimum absolute atomic E-state index is 0.0255. The fraction of sp³-hybridized carbons (Fsp3) is 0.125. The Morgan fingerprint density at radius 3 is 1.25 bits per heavy atom. The van der Waals surface area contributed by atoms with Crippen LogP contribution in [0.25, 0.3) is 0 Å². The van der Waals surface area contributed by atoms with Crippen molar-refractivity contribution in [1.82, 2.24) is 0 Å². The maximum atomic E-state index is 14.3. The van der Waals surface area contributed by atoms with Crippen LogP contribution in [0.2, 0.25) is 0 Å². The summed E-state index contributed by atoms with van der Waals surface area (Å²) >= 11 is 0. The third-order valence-electron chi connectivity index (χ3n) is 7.99. The number of hydrazone groups is 2. The van der Waals surface area contributed by atoms with E-state index in [9.17, 15) is 17.3 Å². The molecule has 4 aromatic carbocycles. The van der Waals surface area contributed by atoms with Crippen LogP contribution < -0.4 is 0 Å². The van der Waals surface area contributed by atoms with Gasteiger partial charge in [0, 0.05) is 35.1 Å². The Bertz CT molecular complexity index is 1740. The first kappa shape index (κ1) is 27.8. The quantitative estimate of drug-likeness (QED) is 0.199. The molecule has 0 unspecified atom stereocenters. The lowest BCUT2D eigenvalue weighted by atomic mass is 10.0. The van der Waals surface area contributed by atoms with Crippen LogP contribution in [0, 0.1) is 0 Å². The zero-order valence-electron chi connectivity index (χ0n) is 23.5. The second kappa shape index (κ2) is 10.9. The van der Waals surface area contributed by atoms with Crippen LogP contribution in [0.1, 0.15) is 46.2 Å². The van der Waals surface area contributed by atoms with Crippen LogP contribution in [-0.2, 0) is 22.2 Å². The average Bonchev–Trinajstić information content (AvgIpc) is 3.80. The van der Waals surface area contributed by atoms with Crippen LogP contribution in [0.4, 0.5) is 17.3 Å². The second-order valence-corrected chi connectivity index (χ2v) is 10.8.